The third-order valence-corrected chi connectivity index (χ3v) is 9.10. The minimum atomic E-state index is -1.83. The van der Waals surface area contributed by atoms with Crippen molar-refractivity contribution in [2.45, 2.75) is 87.5 Å². The van der Waals surface area contributed by atoms with Gasteiger partial charge < -0.3 is 93.0 Å². The second kappa shape index (κ2) is 23.2. The summed E-state index contributed by atoms with van der Waals surface area (Å²) in [6.07, 6.45) is -10.1. The number of amides is 4. The Hall–Kier alpha value is -6.90. The molecule has 0 aliphatic carbocycles. The number of carbonyl (C=O) groups is 6. The molecule has 0 radical (unpaired) electrons. The normalized spacial score (nSPS) is 22.4. The first-order valence-electron chi connectivity index (χ1n) is 18.8. The highest BCUT2D eigenvalue weighted by molar-refractivity contribution is 5.86. The molecule has 0 spiro atoms. The van der Waals surface area contributed by atoms with Gasteiger partial charge in [0.15, 0.2) is 36.3 Å². The fourth-order valence-corrected chi connectivity index (χ4v) is 6.51. The maximum Gasteiger partial charge on any atom is 0.407 e. The van der Waals surface area contributed by atoms with E-state index in [9.17, 15) is 59.4 Å². The fraction of sp³-hybridized carbons (Fsp3) is 0.500. The number of nitrogens with two attached hydrogens (primary N) is 2. The van der Waals surface area contributed by atoms with E-state index in [0.29, 0.717) is 11.1 Å². The van der Waals surface area contributed by atoms with E-state index in [0.717, 1.165) is 26.0 Å². The SMILES string of the molecule is CC(=O)N[C@H]1[C@H]([C@H](OC(=O)NCCc2cccc(CCNC(=O)O[C@@H]([C@@H]3OC(C(=O)O)=C[C@H](NC(=N)N)[C@H]3NC(C)=O)[C@@H](O)CO)c2)[C@H](O)CO)OC(C(=O)O)=C[C@@H]1NC(=N)N. The molecule has 4 amide bonds. The lowest BCUT2D eigenvalue weighted by Crippen LogP contribution is -2.65. The number of aliphatic carboxylic acids is 2. The van der Waals surface area contributed by atoms with Crippen LogP contribution in [-0.4, -0.2) is 166 Å². The van der Waals surface area contributed by atoms with Crippen molar-refractivity contribution in [2.24, 2.45) is 11.5 Å². The molecule has 0 fully saturated rings. The summed E-state index contributed by atoms with van der Waals surface area (Å²) in [7, 11) is 0. The van der Waals surface area contributed by atoms with Crippen molar-refractivity contribution >= 4 is 47.9 Å². The number of hydrogen-bond acceptors (Lipinski definition) is 16. The van der Waals surface area contributed by atoms with E-state index in [-0.39, 0.29) is 25.9 Å². The van der Waals surface area contributed by atoms with Gasteiger partial charge in [-0.2, -0.15) is 0 Å². The number of nitrogens with one attached hydrogen (secondary N) is 8. The number of carboxylic acids is 2. The first-order chi connectivity index (χ1) is 29.2. The van der Waals surface area contributed by atoms with Crippen LogP contribution in [0.15, 0.2) is 47.9 Å². The van der Waals surface area contributed by atoms with Crippen LogP contribution in [0, 0.1) is 10.8 Å². The Morgan fingerprint density at radius 3 is 1.37 bits per heavy atom. The quantitative estimate of drug-likeness (QED) is 0.0431. The molecule has 10 atom stereocenters. The van der Waals surface area contributed by atoms with Crippen LogP contribution in [-0.2, 0) is 51.0 Å². The average Bonchev–Trinajstić information content (AvgIpc) is 3.19. The van der Waals surface area contributed by atoms with Gasteiger partial charge in [0.05, 0.1) is 37.4 Å². The Morgan fingerprint density at radius 2 is 1.06 bits per heavy atom. The number of alkyl carbamates (subject to hydrolysis) is 2. The molecule has 26 heteroatoms. The predicted molar refractivity (Wildman–Crippen MR) is 211 cm³/mol. The van der Waals surface area contributed by atoms with Crippen LogP contribution in [0.1, 0.15) is 25.0 Å². The first kappa shape index (κ1) is 49.5. The maximum atomic E-state index is 13.0. The van der Waals surface area contributed by atoms with Crippen LogP contribution < -0.4 is 43.4 Å². The average molecular weight is 881 g/mol. The van der Waals surface area contributed by atoms with Gasteiger partial charge >= 0.3 is 24.1 Å². The van der Waals surface area contributed by atoms with Crippen LogP contribution in [0.3, 0.4) is 0 Å². The highest BCUT2D eigenvalue weighted by Gasteiger charge is 2.48. The number of aliphatic hydroxyl groups excluding tert-OH is 4. The molecule has 2 aliphatic rings. The summed E-state index contributed by atoms with van der Waals surface area (Å²) in [5.74, 6) is -6.94. The third kappa shape index (κ3) is 14.7. The van der Waals surface area contributed by atoms with Crippen LogP contribution in [0.25, 0.3) is 0 Å². The summed E-state index contributed by atoms with van der Waals surface area (Å²) < 4.78 is 21.8. The Kier molecular flexibility index (Phi) is 18.5. The highest BCUT2D eigenvalue weighted by atomic mass is 16.6. The van der Waals surface area contributed by atoms with Crippen molar-refractivity contribution in [2.75, 3.05) is 26.3 Å². The van der Waals surface area contributed by atoms with Crippen LogP contribution in [0.5, 0.6) is 0 Å². The smallest absolute Gasteiger partial charge is 0.407 e. The first-order valence-corrected chi connectivity index (χ1v) is 18.8. The molecule has 62 heavy (non-hydrogen) atoms. The fourth-order valence-electron chi connectivity index (χ4n) is 6.51. The van der Waals surface area contributed by atoms with E-state index in [4.69, 9.17) is 41.2 Å². The van der Waals surface area contributed by atoms with Gasteiger partial charge in [-0.1, -0.05) is 24.3 Å². The molecule has 0 bridgehead atoms. The lowest BCUT2D eigenvalue weighted by Gasteiger charge is -2.41. The van der Waals surface area contributed by atoms with Crippen molar-refractivity contribution in [1.29, 1.82) is 10.8 Å². The van der Waals surface area contributed by atoms with Gasteiger partial charge in [-0.05, 0) is 36.1 Å². The van der Waals surface area contributed by atoms with Gasteiger partial charge in [0.25, 0.3) is 0 Å². The van der Waals surface area contributed by atoms with Crippen LogP contribution in [0.2, 0.25) is 0 Å². The van der Waals surface area contributed by atoms with Crippen molar-refractivity contribution in [3.8, 4) is 0 Å². The molecular weight excluding hydrogens is 828 g/mol. The number of rotatable bonds is 20. The molecule has 2 aliphatic heterocycles. The standard InChI is InChI=1S/C36H52N10O16/c1-15(49)43-25-19(45-33(37)38)11-23(31(53)54)59-29(25)27(21(51)13-47)61-35(57)41-8-6-17-4-3-5-18(10-17)7-9-42-36(58)62-28(22(52)14-48)30-26(44-16(2)50)20(46-34(39)40)12-24(60-30)32(55)56/h3-5,10-12,19-22,25-30,47-48,51-52H,6-9,13-14H2,1-2H3,(H,41,57)(H,42,58)(H,43,49)(H,44,50)(H,53,54)(H,55,56)(H4,37,38,45)(H4,39,40,46)/t19-,20-,21-,22+,25+,26+,27+,28+,29+,30+/m0/s1. The van der Waals surface area contributed by atoms with Gasteiger partial charge in [0.2, 0.25) is 23.3 Å². The van der Waals surface area contributed by atoms with Gasteiger partial charge in [-0.25, -0.2) is 19.2 Å². The molecule has 3 rings (SSSR count). The third-order valence-electron chi connectivity index (χ3n) is 9.10. The minimum Gasteiger partial charge on any atom is -0.477 e. The topological polar surface area (TPSA) is 433 Å². The van der Waals surface area contributed by atoms with E-state index < -0.39 is 133 Å². The number of guanidine groups is 2. The van der Waals surface area contributed by atoms with Crippen molar-refractivity contribution in [1.82, 2.24) is 31.9 Å². The molecule has 1 aromatic carbocycles. The molecule has 342 valence electrons. The Labute approximate surface area is 353 Å². The van der Waals surface area contributed by atoms with E-state index in [1.54, 1.807) is 24.3 Å². The number of hydrogen-bond donors (Lipinski definition) is 16. The van der Waals surface area contributed by atoms with E-state index in [1.165, 1.54) is 0 Å². The van der Waals surface area contributed by atoms with E-state index in [1.807, 2.05) is 0 Å². The molecular formula is C36H52N10O16. The Bertz CT molecular complexity index is 1750. The lowest BCUT2D eigenvalue weighted by molar-refractivity contribution is -0.147. The second-order valence-electron chi connectivity index (χ2n) is 13.9. The molecule has 0 aromatic heterocycles. The number of carboxylic acid groups (broad SMARTS) is 2. The molecule has 0 saturated heterocycles. The highest BCUT2D eigenvalue weighted by Crippen LogP contribution is 2.27. The van der Waals surface area contributed by atoms with Crippen LogP contribution in [0.4, 0.5) is 9.59 Å². The summed E-state index contributed by atoms with van der Waals surface area (Å²) in [6.45, 7) is 0.259. The minimum absolute atomic E-state index is 0.0386. The van der Waals surface area contributed by atoms with Gasteiger partial charge in [-0.15, -0.1) is 0 Å². The molecule has 0 unspecified atom stereocenters. The van der Waals surface area contributed by atoms with E-state index >= 15 is 0 Å². The zero-order chi connectivity index (χ0) is 46.3. The van der Waals surface area contributed by atoms with Gasteiger partial charge in [0, 0.05) is 26.9 Å². The van der Waals surface area contributed by atoms with Gasteiger partial charge in [0.1, 0.15) is 12.2 Å². The summed E-state index contributed by atoms with van der Waals surface area (Å²) in [4.78, 5) is 73.8. The molecule has 2 heterocycles. The zero-order valence-electron chi connectivity index (χ0n) is 33.4. The number of benzene rings is 1. The molecule has 0 saturated carbocycles. The van der Waals surface area contributed by atoms with E-state index in [2.05, 4.69) is 31.9 Å². The summed E-state index contributed by atoms with van der Waals surface area (Å²) in [6, 6.07) is 2.05. The summed E-state index contributed by atoms with van der Waals surface area (Å²) >= 11 is 0. The largest absolute Gasteiger partial charge is 0.477 e. The number of ether oxygens (including phenoxy) is 4. The van der Waals surface area contributed by atoms with Crippen molar-refractivity contribution in [3.05, 3.63) is 59.1 Å². The monoisotopic (exact) mass is 880 g/mol. The summed E-state index contributed by atoms with van der Waals surface area (Å²) in [5.41, 5.74) is 12.3. The number of carbonyl (C=O) groups excluding carboxylic acids is 4. The van der Waals surface area contributed by atoms with Crippen LogP contribution >= 0.6 is 0 Å². The summed E-state index contributed by atoms with van der Waals surface area (Å²) in [5, 5.41) is 90.2. The van der Waals surface area contributed by atoms with Crippen molar-refractivity contribution < 1.29 is 78.4 Å². The lowest BCUT2D eigenvalue weighted by atomic mass is 9.92. The second-order valence-corrected chi connectivity index (χ2v) is 13.9. The molecule has 26 nitrogen and oxygen atoms in total. The molecule has 1 aromatic rings. The maximum absolute atomic E-state index is 13.0. The van der Waals surface area contributed by atoms with Gasteiger partial charge in [-0.3, -0.25) is 20.4 Å². The predicted octanol–water partition coefficient (Wildman–Crippen LogP) is -4.89. The Morgan fingerprint density at radius 1 is 0.694 bits per heavy atom. The molecule has 18 N–H and O–H groups in total. The van der Waals surface area contributed by atoms with Crippen molar-refractivity contribution in [3.63, 3.8) is 0 Å². The Balaban J connectivity index is 1.64. The zero-order valence-corrected chi connectivity index (χ0v) is 33.4. The number of aliphatic hydroxyl groups is 4.